The molecule has 0 fully saturated rings. The SMILES string of the molecule is c1ccc(-c2cc(-c3ccccc3)cc(N(c3ccc(-c4ccc5ccccc5c4)cc3)c3cccc(-c4cccc5c4c4cc6ccccc6cc4n5-c4ccccc4)c3)c2)cc1. The van der Waals surface area contributed by atoms with Gasteiger partial charge in [0.05, 0.1) is 11.0 Å². The van der Waals surface area contributed by atoms with Crippen LogP contribution in [0.2, 0.25) is 0 Å². The van der Waals surface area contributed by atoms with Gasteiger partial charge in [0.15, 0.2) is 0 Å². The lowest BCUT2D eigenvalue weighted by molar-refractivity contribution is 1.18. The van der Waals surface area contributed by atoms with Crippen LogP contribution in [0.3, 0.4) is 0 Å². The van der Waals surface area contributed by atoms with E-state index in [1.165, 1.54) is 71.2 Å². The number of aromatic nitrogens is 1. The zero-order valence-electron chi connectivity index (χ0n) is 35.1. The Balaban J connectivity index is 1.07. The number of hydrogen-bond acceptors (Lipinski definition) is 1. The first-order chi connectivity index (χ1) is 31.7. The highest BCUT2D eigenvalue weighted by Crippen LogP contribution is 2.44. The van der Waals surface area contributed by atoms with Crippen molar-refractivity contribution < 1.29 is 0 Å². The summed E-state index contributed by atoms with van der Waals surface area (Å²) in [6, 6.07) is 92.9. The fraction of sp³-hybridized carbons (Fsp3) is 0. The van der Waals surface area contributed by atoms with Crippen LogP contribution < -0.4 is 4.90 Å². The van der Waals surface area contributed by atoms with Gasteiger partial charge in [-0.15, -0.1) is 0 Å². The molecule has 0 aliphatic carbocycles. The maximum absolute atomic E-state index is 2.42. The Morgan fingerprint density at radius 1 is 0.266 bits per heavy atom. The molecule has 0 spiro atoms. The second-order valence-electron chi connectivity index (χ2n) is 16.6. The molecule has 0 amide bonds. The molecule has 12 rings (SSSR count). The van der Waals surface area contributed by atoms with Crippen molar-refractivity contribution in [1.29, 1.82) is 0 Å². The van der Waals surface area contributed by atoms with E-state index < -0.39 is 0 Å². The third-order valence-electron chi connectivity index (χ3n) is 12.7. The lowest BCUT2D eigenvalue weighted by Crippen LogP contribution is -2.10. The standard InChI is InChI=1S/C62H42N2/c1-4-16-43(17-5-1)52-37-53(44-18-6-2-7-19-44)40-57(39-52)63(55-34-32-46(33-35-55)50-31-30-45-20-10-11-21-47(45)36-50)56-27-14-24-51(38-56)58-28-15-29-60-62(58)59-41-48-22-12-13-23-49(48)42-61(59)64(60)54-25-8-3-9-26-54/h1-42H. The molecule has 0 saturated carbocycles. The molecule has 300 valence electrons. The molecule has 0 unspecified atom stereocenters. The van der Waals surface area contributed by atoms with Crippen LogP contribution in [-0.2, 0) is 0 Å². The molecule has 0 atom stereocenters. The highest BCUT2D eigenvalue weighted by Gasteiger charge is 2.20. The van der Waals surface area contributed by atoms with E-state index in [-0.39, 0.29) is 0 Å². The van der Waals surface area contributed by atoms with E-state index in [0.717, 1.165) is 39.4 Å². The van der Waals surface area contributed by atoms with Gasteiger partial charge in [0, 0.05) is 33.5 Å². The van der Waals surface area contributed by atoms with Crippen LogP contribution in [0.15, 0.2) is 255 Å². The highest BCUT2D eigenvalue weighted by atomic mass is 15.1. The molecule has 0 N–H and O–H groups in total. The molecule has 12 aromatic rings. The molecular weight excluding hydrogens is 773 g/mol. The molecule has 2 heteroatoms. The average molecular weight is 815 g/mol. The maximum atomic E-state index is 2.42. The predicted octanol–water partition coefficient (Wildman–Crippen LogP) is 17.2. The molecule has 1 heterocycles. The zero-order valence-corrected chi connectivity index (χ0v) is 35.1. The Bertz CT molecular complexity index is 3590. The topological polar surface area (TPSA) is 8.17 Å². The molecule has 11 aromatic carbocycles. The molecule has 64 heavy (non-hydrogen) atoms. The quantitative estimate of drug-likeness (QED) is 0.148. The molecule has 0 radical (unpaired) electrons. The first kappa shape index (κ1) is 37.3. The first-order valence-corrected chi connectivity index (χ1v) is 22.0. The molecular formula is C62H42N2. The van der Waals surface area contributed by atoms with Gasteiger partial charge in [0.25, 0.3) is 0 Å². The lowest BCUT2D eigenvalue weighted by Gasteiger charge is -2.27. The van der Waals surface area contributed by atoms with Crippen LogP contribution >= 0.6 is 0 Å². The van der Waals surface area contributed by atoms with Crippen LogP contribution in [0.1, 0.15) is 0 Å². The number of fused-ring (bicyclic) bond motifs is 5. The summed E-state index contributed by atoms with van der Waals surface area (Å²) in [6.45, 7) is 0. The fourth-order valence-corrected chi connectivity index (χ4v) is 9.62. The first-order valence-electron chi connectivity index (χ1n) is 22.0. The summed E-state index contributed by atoms with van der Waals surface area (Å²) in [4.78, 5) is 2.42. The minimum Gasteiger partial charge on any atom is -0.310 e. The van der Waals surface area contributed by atoms with Gasteiger partial charge in [-0.25, -0.2) is 0 Å². The Hall–Kier alpha value is -8.46. The number of hydrogen-bond donors (Lipinski definition) is 0. The van der Waals surface area contributed by atoms with Gasteiger partial charge in [0.2, 0.25) is 0 Å². The summed E-state index contributed by atoms with van der Waals surface area (Å²) < 4.78 is 2.42. The molecule has 0 aliphatic rings. The fourth-order valence-electron chi connectivity index (χ4n) is 9.62. The summed E-state index contributed by atoms with van der Waals surface area (Å²) in [5, 5.41) is 7.43. The van der Waals surface area contributed by atoms with Crippen molar-refractivity contribution >= 4 is 60.4 Å². The smallest absolute Gasteiger partial charge is 0.0547 e. The average Bonchev–Trinajstić information content (AvgIpc) is 3.70. The van der Waals surface area contributed by atoms with Gasteiger partial charge >= 0.3 is 0 Å². The van der Waals surface area contributed by atoms with Crippen molar-refractivity contribution in [3.05, 3.63) is 255 Å². The largest absolute Gasteiger partial charge is 0.310 e. The normalized spacial score (nSPS) is 11.4. The summed E-state index contributed by atoms with van der Waals surface area (Å²) in [7, 11) is 0. The summed E-state index contributed by atoms with van der Waals surface area (Å²) in [5.41, 5.74) is 16.2. The van der Waals surface area contributed by atoms with Gasteiger partial charge < -0.3 is 9.47 Å². The van der Waals surface area contributed by atoms with Crippen LogP contribution in [-0.4, -0.2) is 4.57 Å². The van der Waals surface area contributed by atoms with E-state index in [1.54, 1.807) is 0 Å². The van der Waals surface area contributed by atoms with Crippen LogP contribution in [0, 0.1) is 0 Å². The van der Waals surface area contributed by atoms with Crippen molar-refractivity contribution in [3.63, 3.8) is 0 Å². The van der Waals surface area contributed by atoms with Crippen LogP contribution in [0.4, 0.5) is 17.1 Å². The summed E-state index contributed by atoms with van der Waals surface area (Å²) >= 11 is 0. The zero-order chi connectivity index (χ0) is 42.4. The maximum Gasteiger partial charge on any atom is 0.0547 e. The highest BCUT2D eigenvalue weighted by molar-refractivity contribution is 6.18. The monoisotopic (exact) mass is 814 g/mol. The van der Waals surface area contributed by atoms with Crippen molar-refractivity contribution in [2.45, 2.75) is 0 Å². The predicted molar refractivity (Wildman–Crippen MR) is 272 cm³/mol. The second kappa shape index (κ2) is 15.8. The minimum absolute atomic E-state index is 1.08. The third-order valence-corrected chi connectivity index (χ3v) is 12.7. The van der Waals surface area contributed by atoms with E-state index in [1.807, 2.05) is 0 Å². The minimum atomic E-state index is 1.08. The van der Waals surface area contributed by atoms with Gasteiger partial charge in [-0.05, 0) is 145 Å². The van der Waals surface area contributed by atoms with Crippen LogP contribution in [0.25, 0.3) is 93.5 Å². The number of nitrogens with zero attached hydrogens (tertiary/aromatic N) is 2. The lowest BCUT2D eigenvalue weighted by atomic mass is 9.96. The van der Waals surface area contributed by atoms with Crippen molar-refractivity contribution in [3.8, 4) is 50.2 Å². The molecule has 0 aliphatic heterocycles. The molecule has 0 bridgehead atoms. The molecule has 0 saturated heterocycles. The van der Waals surface area contributed by atoms with Crippen molar-refractivity contribution in [2.75, 3.05) is 4.90 Å². The van der Waals surface area contributed by atoms with E-state index in [0.29, 0.717) is 0 Å². The van der Waals surface area contributed by atoms with Gasteiger partial charge in [-0.1, -0.05) is 176 Å². The Morgan fingerprint density at radius 2 is 0.797 bits per heavy atom. The van der Waals surface area contributed by atoms with Gasteiger partial charge in [0.1, 0.15) is 0 Å². The second-order valence-corrected chi connectivity index (χ2v) is 16.6. The Kier molecular flexibility index (Phi) is 9.20. The van der Waals surface area contributed by atoms with Crippen molar-refractivity contribution in [2.24, 2.45) is 0 Å². The van der Waals surface area contributed by atoms with Crippen LogP contribution in [0.5, 0.6) is 0 Å². The Morgan fingerprint density at radius 3 is 1.48 bits per heavy atom. The van der Waals surface area contributed by atoms with Gasteiger partial charge in [-0.2, -0.15) is 0 Å². The van der Waals surface area contributed by atoms with E-state index >= 15 is 0 Å². The third kappa shape index (κ3) is 6.70. The van der Waals surface area contributed by atoms with E-state index in [4.69, 9.17) is 0 Å². The summed E-state index contributed by atoms with van der Waals surface area (Å²) in [5.74, 6) is 0. The van der Waals surface area contributed by atoms with Crippen molar-refractivity contribution in [1.82, 2.24) is 4.57 Å². The number of anilines is 3. The number of benzene rings is 11. The Labute approximate surface area is 373 Å². The number of para-hydroxylation sites is 1. The molecule has 1 aromatic heterocycles. The molecule has 2 nitrogen and oxygen atoms in total. The van der Waals surface area contributed by atoms with Gasteiger partial charge in [-0.3, -0.25) is 0 Å². The number of rotatable bonds is 8. The van der Waals surface area contributed by atoms with E-state index in [2.05, 4.69) is 264 Å². The summed E-state index contributed by atoms with van der Waals surface area (Å²) in [6.07, 6.45) is 0. The van der Waals surface area contributed by atoms with E-state index in [9.17, 15) is 0 Å².